The highest BCUT2D eigenvalue weighted by Crippen LogP contribution is 2.24. The zero-order valence-corrected chi connectivity index (χ0v) is 10.6. The molecule has 100 valence electrons. The van der Waals surface area contributed by atoms with E-state index in [1.807, 2.05) is 42.5 Å². The molecule has 0 bridgehead atoms. The van der Waals surface area contributed by atoms with Crippen LogP contribution < -0.4 is 11.1 Å². The minimum atomic E-state index is 0.0143. The number of benzene rings is 2. The first kappa shape index (κ1) is 13.4. The minimum absolute atomic E-state index is 0.0143. The SMILES string of the molecule is Nc1cc(CCO)ccc1Nc1cccc(CO)c1. The number of nitrogen functional groups attached to an aromatic ring is 1. The van der Waals surface area contributed by atoms with Crippen LogP contribution in [0.1, 0.15) is 11.1 Å². The average molecular weight is 258 g/mol. The predicted octanol–water partition coefficient (Wildman–Crippen LogP) is 2.04. The second-order valence-corrected chi connectivity index (χ2v) is 4.38. The molecule has 0 heterocycles. The summed E-state index contributed by atoms with van der Waals surface area (Å²) >= 11 is 0. The molecule has 0 aliphatic carbocycles. The highest BCUT2D eigenvalue weighted by atomic mass is 16.3. The lowest BCUT2D eigenvalue weighted by Crippen LogP contribution is -1.99. The van der Waals surface area contributed by atoms with E-state index in [0.29, 0.717) is 12.1 Å². The van der Waals surface area contributed by atoms with E-state index < -0.39 is 0 Å². The zero-order valence-electron chi connectivity index (χ0n) is 10.6. The Morgan fingerprint density at radius 3 is 2.53 bits per heavy atom. The summed E-state index contributed by atoms with van der Waals surface area (Å²) in [7, 11) is 0. The number of nitrogens with one attached hydrogen (secondary N) is 1. The van der Waals surface area contributed by atoms with Crippen LogP contribution in [0.5, 0.6) is 0 Å². The molecule has 0 aliphatic rings. The Morgan fingerprint density at radius 1 is 1.00 bits per heavy atom. The molecular formula is C15H18N2O2. The molecule has 19 heavy (non-hydrogen) atoms. The number of aliphatic hydroxyl groups is 2. The third kappa shape index (κ3) is 3.47. The largest absolute Gasteiger partial charge is 0.397 e. The molecule has 0 amide bonds. The van der Waals surface area contributed by atoms with Gasteiger partial charge in [0, 0.05) is 12.3 Å². The molecule has 0 fully saturated rings. The van der Waals surface area contributed by atoms with Crippen molar-refractivity contribution in [2.24, 2.45) is 0 Å². The van der Waals surface area contributed by atoms with Crippen molar-refractivity contribution >= 4 is 17.1 Å². The van der Waals surface area contributed by atoms with Crippen molar-refractivity contribution in [3.63, 3.8) is 0 Å². The van der Waals surface area contributed by atoms with Gasteiger partial charge in [0.1, 0.15) is 0 Å². The summed E-state index contributed by atoms with van der Waals surface area (Å²) in [4.78, 5) is 0. The molecular weight excluding hydrogens is 240 g/mol. The Balaban J connectivity index is 2.18. The summed E-state index contributed by atoms with van der Waals surface area (Å²) in [6.45, 7) is 0.130. The zero-order chi connectivity index (χ0) is 13.7. The van der Waals surface area contributed by atoms with Gasteiger partial charge in [-0.15, -0.1) is 0 Å². The standard InChI is InChI=1S/C15H18N2O2/c16-14-9-11(6-7-18)4-5-15(14)17-13-3-1-2-12(8-13)10-19/h1-5,8-9,17-19H,6-7,10,16H2. The van der Waals surface area contributed by atoms with Crippen LogP contribution in [0.3, 0.4) is 0 Å². The Labute approximate surface area is 112 Å². The fraction of sp³-hybridized carbons (Fsp3) is 0.200. The Kier molecular flexibility index (Phi) is 4.39. The molecule has 2 aromatic rings. The molecule has 0 spiro atoms. The first-order chi connectivity index (χ1) is 9.22. The summed E-state index contributed by atoms with van der Waals surface area (Å²) in [6, 6.07) is 13.2. The van der Waals surface area contributed by atoms with E-state index >= 15 is 0 Å². The number of hydrogen-bond acceptors (Lipinski definition) is 4. The van der Waals surface area contributed by atoms with Crippen molar-refractivity contribution in [1.82, 2.24) is 0 Å². The van der Waals surface area contributed by atoms with E-state index in [-0.39, 0.29) is 13.2 Å². The predicted molar refractivity (Wildman–Crippen MR) is 77.3 cm³/mol. The fourth-order valence-electron chi connectivity index (χ4n) is 1.91. The quantitative estimate of drug-likeness (QED) is 0.619. The van der Waals surface area contributed by atoms with Crippen LogP contribution in [0.25, 0.3) is 0 Å². The van der Waals surface area contributed by atoms with E-state index in [2.05, 4.69) is 5.32 Å². The molecule has 0 aromatic heterocycles. The van der Waals surface area contributed by atoms with Crippen LogP contribution in [0, 0.1) is 0 Å². The topological polar surface area (TPSA) is 78.5 Å². The lowest BCUT2D eigenvalue weighted by atomic mass is 10.1. The molecule has 4 heteroatoms. The normalized spacial score (nSPS) is 10.4. The molecule has 4 nitrogen and oxygen atoms in total. The van der Waals surface area contributed by atoms with Gasteiger partial charge in [-0.25, -0.2) is 0 Å². The minimum Gasteiger partial charge on any atom is -0.397 e. The van der Waals surface area contributed by atoms with Gasteiger partial charge >= 0.3 is 0 Å². The first-order valence-corrected chi connectivity index (χ1v) is 6.19. The van der Waals surface area contributed by atoms with Crippen LogP contribution in [0.2, 0.25) is 0 Å². The lowest BCUT2D eigenvalue weighted by Gasteiger charge is -2.11. The summed E-state index contributed by atoms with van der Waals surface area (Å²) in [5.41, 5.74) is 10.2. The maximum atomic E-state index is 9.10. The molecule has 0 saturated heterocycles. The van der Waals surface area contributed by atoms with Crippen LogP contribution in [0.4, 0.5) is 17.1 Å². The van der Waals surface area contributed by atoms with Gasteiger partial charge in [0.15, 0.2) is 0 Å². The summed E-state index contributed by atoms with van der Waals surface area (Å²) in [6.07, 6.45) is 0.602. The van der Waals surface area contributed by atoms with Crippen LogP contribution in [-0.4, -0.2) is 16.8 Å². The molecule has 0 atom stereocenters. The van der Waals surface area contributed by atoms with Gasteiger partial charge in [-0.2, -0.15) is 0 Å². The summed E-state index contributed by atoms with van der Waals surface area (Å²) in [5, 5.41) is 21.2. The number of aliphatic hydroxyl groups excluding tert-OH is 2. The maximum Gasteiger partial charge on any atom is 0.0682 e. The third-order valence-corrected chi connectivity index (χ3v) is 2.91. The van der Waals surface area contributed by atoms with E-state index in [0.717, 1.165) is 22.5 Å². The third-order valence-electron chi connectivity index (χ3n) is 2.91. The van der Waals surface area contributed by atoms with Gasteiger partial charge in [-0.1, -0.05) is 18.2 Å². The van der Waals surface area contributed by atoms with E-state index in [1.54, 1.807) is 0 Å². The van der Waals surface area contributed by atoms with Crippen LogP contribution >= 0.6 is 0 Å². The van der Waals surface area contributed by atoms with Crippen molar-refractivity contribution < 1.29 is 10.2 Å². The second kappa shape index (κ2) is 6.22. The van der Waals surface area contributed by atoms with Gasteiger partial charge < -0.3 is 21.3 Å². The molecule has 0 saturated carbocycles. The first-order valence-electron chi connectivity index (χ1n) is 6.19. The molecule has 0 unspecified atom stereocenters. The van der Waals surface area contributed by atoms with E-state index in [9.17, 15) is 0 Å². The molecule has 0 aliphatic heterocycles. The average Bonchev–Trinajstić information content (AvgIpc) is 2.42. The molecule has 2 aromatic carbocycles. The Bertz CT molecular complexity index is 556. The fourth-order valence-corrected chi connectivity index (χ4v) is 1.91. The lowest BCUT2D eigenvalue weighted by molar-refractivity contribution is 0.282. The number of rotatable bonds is 5. The van der Waals surface area contributed by atoms with Crippen molar-refractivity contribution in [2.75, 3.05) is 17.7 Å². The number of hydrogen-bond donors (Lipinski definition) is 4. The number of anilines is 3. The van der Waals surface area contributed by atoms with Gasteiger partial charge in [0.25, 0.3) is 0 Å². The van der Waals surface area contributed by atoms with Crippen molar-refractivity contribution in [2.45, 2.75) is 13.0 Å². The van der Waals surface area contributed by atoms with Crippen molar-refractivity contribution in [1.29, 1.82) is 0 Å². The van der Waals surface area contributed by atoms with Crippen LogP contribution in [0.15, 0.2) is 42.5 Å². The van der Waals surface area contributed by atoms with Crippen LogP contribution in [-0.2, 0) is 13.0 Å². The molecule has 0 radical (unpaired) electrons. The maximum absolute atomic E-state index is 9.10. The molecule has 5 N–H and O–H groups in total. The highest BCUT2D eigenvalue weighted by Gasteiger charge is 2.02. The van der Waals surface area contributed by atoms with Gasteiger partial charge in [0.2, 0.25) is 0 Å². The highest BCUT2D eigenvalue weighted by molar-refractivity contribution is 5.73. The summed E-state index contributed by atoms with van der Waals surface area (Å²) < 4.78 is 0. The number of nitrogens with two attached hydrogens (primary N) is 1. The van der Waals surface area contributed by atoms with Gasteiger partial charge in [-0.05, 0) is 41.8 Å². The van der Waals surface area contributed by atoms with Gasteiger partial charge in [0.05, 0.1) is 18.0 Å². The Morgan fingerprint density at radius 2 is 1.84 bits per heavy atom. The monoisotopic (exact) mass is 258 g/mol. The second-order valence-electron chi connectivity index (χ2n) is 4.38. The Hall–Kier alpha value is -2.04. The molecule has 2 rings (SSSR count). The summed E-state index contributed by atoms with van der Waals surface area (Å²) in [5.74, 6) is 0. The smallest absolute Gasteiger partial charge is 0.0682 e. The van der Waals surface area contributed by atoms with E-state index in [1.165, 1.54) is 0 Å². The van der Waals surface area contributed by atoms with Gasteiger partial charge in [-0.3, -0.25) is 0 Å². The van der Waals surface area contributed by atoms with E-state index in [4.69, 9.17) is 15.9 Å². The van der Waals surface area contributed by atoms with Crippen molar-refractivity contribution in [3.8, 4) is 0 Å². The van der Waals surface area contributed by atoms with Crippen molar-refractivity contribution in [3.05, 3.63) is 53.6 Å².